The molecule has 0 nitrogen and oxygen atoms in total. The predicted molar refractivity (Wildman–Crippen MR) is 76.7 cm³/mol. The minimum atomic E-state index is 0.184. The fourth-order valence-electron chi connectivity index (χ4n) is 1.87. The highest BCUT2D eigenvalue weighted by Gasteiger charge is 2.20. The summed E-state index contributed by atoms with van der Waals surface area (Å²) in [5.74, 6) is 0. The number of aryl methyl sites for hydroxylation is 1. The number of rotatable bonds is 2. The molecule has 0 aliphatic rings. The van der Waals surface area contributed by atoms with Crippen LogP contribution < -0.4 is 0 Å². The summed E-state index contributed by atoms with van der Waals surface area (Å²) in [4.78, 5) is 0. The molecule has 17 heavy (non-hydrogen) atoms. The monoisotopic (exact) mass is 231 g/mol. The van der Waals surface area contributed by atoms with Crippen LogP contribution >= 0.6 is 0 Å². The second kappa shape index (κ2) is 4.84. The summed E-state index contributed by atoms with van der Waals surface area (Å²) in [5, 5.41) is 0. The van der Waals surface area contributed by atoms with Gasteiger partial charge in [0.25, 0.3) is 0 Å². The van der Waals surface area contributed by atoms with Crippen LogP contribution in [0.15, 0.2) is 12.1 Å². The zero-order chi connectivity index (χ0) is 13.3. The molecule has 1 radical (unpaired) electrons. The third-order valence-corrected chi connectivity index (χ3v) is 3.08. The van der Waals surface area contributed by atoms with E-state index < -0.39 is 0 Å². The Hall–Kier alpha value is -0.780. The molecule has 0 bridgehead atoms. The molecule has 0 spiro atoms. The Balaban J connectivity index is 3.29. The Kier molecular flexibility index (Phi) is 4.06. The zero-order valence-electron chi connectivity index (χ0n) is 12.6. The van der Waals surface area contributed by atoms with Gasteiger partial charge in [0.05, 0.1) is 0 Å². The van der Waals surface area contributed by atoms with Crippen molar-refractivity contribution < 1.29 is 0 Å². The van der Waals surface area contributed by atoms with Gasteiger partial charge in [-0.15, -0.1) is 0 Å². The summed E-state index contributed by atoms with van der Waals surface area (Å²) in [5.41, 5.74) is 4.51. The maximum absolute atomic E-state index is 3.62. The first-order chi connectivity index (χ1) is 7.64. The van der Waals surface area contributed by atoms with Crippen LogP contribution in [0.4, 0.5) is 0 Å². The number of benzene rings is 1. The molecule has 1 rings (SSSR count). The molecule has 0 saturated carbocycles. The minimum Gasteiger partial charge on any atom is -0.0651 e. The molecule has 0 heteroatoms. The maximum atomic E-state index is 3.62. The predicted octanol–water partition coefficient (Wildman–Crippen LogP) is 5.03. The van der Waals surface area contributed by atoms with E-state index in [4.69, 9.17) is 0 Å². The van der Waals surface area contributed by atoms with Crippen LogP contribution in [-0.2, 0) is 17.3 Å². The minimum absolute atomic E-state index is 0.184. The van der Waals surface area contributed by atoms with Gasteiger partial charge in [0.2, 0.25) is 0 Å². The van der Waals surface area contributed by atoms with Crippen molar-refractivity contribution >= 4 is 0 Å². The van der Waals surface area contributed by atoms with Gasteiger partial charge in [-0.2, -0.15) is 0 Å². The van der Waals surface area contributed by atoms with E-state index in [0.29, 0.717) is 0 Å². The molecule has 0 aliphatic carbocycles. The van der Waals surface area contributed by atoms with Crippen molar-refractivity contribution in [2.45, 2.75) is 72.1 Å². The molecular formula is C17H27. The van der Waals surface area contributed by atoms with E-state index in [1.807, 2.05) is 0 Å². The zero-order valence-corrected chi connectivity index (χ0v) is 12.6. The van der Waals surface area contributed by atoms with Gasteiger partial charge in [0, 0.05) is 0 Å². The molecule has 95 valence electrons. The highest BCUT2D eigenvalue weighted by atomic mass is 14.2. The molecule has 0 heterocycles. The van der Waals surface area contributed by atoms with Crippen LogP contribution in [0, 0.1) is 6.07 Å². The van der Waals surface area contributed by atoms with Crippen LogP contribution in [-0.4, -0.2) is 0 Å². The second-order valence-electron chi connectivity index (χ2n) is 7.07. The lowest BCUT2D eigenvalue weighted by atomic mass is 9.79. The molecule has 1 aromatic rings. The Morgan fingerprint density at radius 2 is 1.29 bits per heavy atom. The van der Waals surface area contributed by atoms with Crippen molar-refractivity contribution in [3.63, 3.8) is 0 Å². The van der Waals surface area contributed by atoms with E-state index in [1.54, 1.807) is 0 Å². The van der Waals surface area contributed by atoms with Crippen molar-refractivity contribution in [2.24, 2.45) is 0 Å². The molecule has 0 fully saturated rings. The first kappa shape index (κ1) is 14.3. The van der Waals surface area contributed by atoms with Crippen molar-refractivity contribution in [2.75, 3.05) is 0 Å². The first-order valence-electron chi connectivity index (χ1n) is 6.72. The van der Waals surface area contributed by atoms with Gasteiger partial charge in [-0.25, -0.2) is 0 Å². The highest BCUT2D eigenvalue weighted by Crippen LogP contribution is 2.30. The van der Waals surface area contributed by atoms with E-state index in [2.05, 4.69) is 66.7 Å². The van der Waals surface area contributed by atoms with Gasteiger partial charge >= 0.3 is 0 Å². The Bertz CT molecular complexity index is 340. The fourth-order valence-corrected chi connectivity index (χ4v) is 1.87. The lowest BCUT2D eigenvalue weighted by molar-refractivity contribution is 0.564. The average Bonchev–Trinajstić information content (AvgIpc) is 2.15. The first-order valence-corrected chi connectivity index (χ1v) is 6.72. The summed E-state index contributed by atoms with van der Waals surface area (Å²) in [7, 11) is 0. The average molecular weight is 231 g/mol. The van der Waals surface area contributed by atoms with Crippen molar-refractivity contribution in [1.82, 2.24) is 0 Å². The molecule has 0 aliphatic heterocycles. The molecule has 1 aromatic carbocycles. The van der Waals surface area contributed by atoms with E-state index >= 15 is 0 Å². The quantitative estimate of drug-likeness (QED) is 0.669. The Morgan fingerprint density at radius 1 is 0.882 bits per heavy atom. The largest absolute Gasteiger partial charge is 0.0651 e. The Labute approximate surface area is 107 Å². The SMILES string of the molecule is CCCc1cc(C(C)(C)C)[c]c(C(C)(C)C)c1. The third kappa shape index (κ3) is 3.87. The van der Waals surface area contributed by atoms with E-state index in [-0.39, 0.29) is 10.8 Å². The van der Waals surface area contributed by atoms with Crippen LogP contribution in [0.2, 0.25) is 0 Å². The van der Waals surface area contributed by atoms with Gasteiger partial charge in [0.1, 0.15) is 0 Å². The molecule has 0 unspecified atom stereocenters. The van der Waals surface area contributed by atoms with Gasteiger partial charge in [0.15, 0.2) is 0 Å². The van der Waals surface area contributed by atoms with Crippen LogP contribution in [0.3, 0.4) is 0 Å². The van der Waals surface area contributed by atoms with Crippen molar-refractivity contribution in [1.29, 1.82) is 0 Å². The fraction of sp³-hybridized carbons (Fsp3) is 0.647. The smallest absolute Gasteiger partial charge is 0.0103 e. The molecule has 0 aromatic heterocycles. The summed E-state index contributed by atoms with van der Waals surface area (Å²) in [6, 6.07) is 8.29. The van der Waals surface area contributed by atoms with E-state index in [0.717, 1.165) is 0 Å². The standard InChI is InChI=1S/C17H27/c1-8-9-13-10-14(16(2,3)4)12-15(11-13)17(5,6)7/h10-11H,8-9H2,1-7H3. The normalized spacial score (nSPS) is 12.9. The molecule has 0 saturated heterocycles. The number of hydrogen-bond acceptors (Lipinski definition) is 0. The highest BCUT2D eigenvalue weighted by molar-refractivity contribution is 5.36. The topological polar surface area (TPSA) is 0 Å². The second-order valence-corrected chi connectivity index (χ2v) is 7.07. The molecule has 0 amide bonds. The van der Waals surface area contributed by atoms with Gasteiger partial charge in [-0.3, -0.25) is 0 Å². The van der Waals surface area contributed by atoms with Crippen LogP contribution in [0.1, 0.15) is 71.6 Å². The Morgan fingerprint density at radius 3 is 1.59 bits per heavy atom. The molecule has 0 N–H and O–H groups in total. The molecule has 0 atom stereocenters. The number of hydrogen-bond donors (Lipinski definition) is 0. The summed E-state index contributed by atoms with van der Waals surface area (Å²) in [6.45, 7) is 15.8. The van der Waals surface area contributed by atoms with Gasteiger partial charge < -0.3 is 0 Å². The maximum Gasteiger partial charge on any atom is -0.0103 e. The summed E-state index contributed by atoms with van der Waals surface area (Å²) >= 11 is 0. The van der Waals surface area contributed by atoms with Gasteiger partial charge in [-0.1, -0.05) is 67.0 Å². The van der Waals surface area contributed by atoms with Crippen molar-refractivity contribution in [3.8, 4) is 0 Å². The van der Waals surface area contributed by atoms with Crippen LogP contribution in [0.5, 0.6) is 0 Å². The van der Waals surface area contributed by atoms with Gasteiger partial charge in [-0.05, 0) is 40.0 Å². The summed E-state index contributed by atoms with van der Waals surface area (Å²) < 4.78 is 0. The molecular weight excluding hydrogens is 204 g/mol. The lowest BCUT2D eigenvalue weighted by Crippen LogP contribution is -2.17. The summed E-state index contributed by atoms with van der Waals surface area (Å²) in [6.07, 6.45) is 2.37. The lowest BCUT2D eigenvalue weighted by Gasteiger charge is -2.25. The van der Waals surface area contributed by atoms with Crippen molar-refractivity contribution in [3.05, 3.63) is 34.9 Å². The van der Waals surface area contributed by atoms with E-state index in [9.17, 15) is 0 Å². The van der Waals surface area contributed by atoms with Crippen LogP contribution in [0.25, 0.3) is 0 Å². The third-order valence-electron chi connectivity index (χ3n) is 3.08. The van der Waals surface area contributed by atoms with E-state index in [1.165, 1.54) is 29.5 Å².